The first-order chi connectivity index (χ1) is 12.1. The molecule has 1 amide bonds. The first-order valence-electron chi connectivity index (χ1n) is 9.37. The smallest absolute Gasteiger partial charge is 0.257 e. The molecule has 0 radical (unpaired) electrons. The molecule has 1 aromatic rings. The lowest BCUT2D eigenvalue weighted by atomic mass is 10.0. The van der Waals surface area contributed by atoms with Gasteiger partial charge in [0, 0.05) is 31.1 Å². The average Bonchev–Trinajstić information content (AvgIpc) is 2.64. The molecule has 1 N–H and O–H groups in total. The van der Waals surface area contributed by atoms with Gasteiger partial charge in [-0.25, -0.2) is 0 Å². The van der Waals surface area contributed by atoms with Gasteiger partial charge in [0.1, 0.15) is 5.75 Å². The molecule has 1 atom stereocenters. The Morgan fingerprint density at radius 2 is 2.00 bits per heavy atom. The van der Waals surface area contributed by atoms with Crippen molar-refractivity contribution in [3.63, 3.8) is 0 Å². The zero-order chi connectivity index (χ0) is 18.1. The van der Waals surface area contributed by atoms with Crippen LogP contribution in [0.2, 0.25) is 0 Å². The van der Waals surface area contributed by atoms with Crippen LogP contribution in [-0.2, 0) is 4.79 Å². The van der Waals surface area contributed by atoms with E-state index >= 15 is 0 Å². The minimum Gasteiger partial charge on any atom is -0.484 e. The highest BCUT2D eigenvalue weighted by molar-refractivity contribution is 5.95. The number of hydrogen-bond acceptors (Lipinski definition) is 4. The molecule has 1 saturated heterocycles. The number of benzene rings is 1. The fraction of sp³-hybridized carbons (Fsp3) is 0.600. The molecule has 0 aromatic heterocycles. The highest BCUT2D eigenvalue weighted by Crippen LogP contribution is 2.16. The summed E-state index contributed by atoms with van der Waals surface area (Å²) in [6.45, 7) is 7.01. The number of carbonyl (C=O) groups excluding carboxylic acids is 2. The summed E-state index contributed by atoms with van der Waals surface area (Å²) in [4.78, 5) is 25.9. The van der Waals surface area contributed by atoms with Crippen molar-refractivity contribution in [2.24, 2.45) is 0 Å². The molecule has 25 heavy (non-hydrogen) atoms. The van der Waals surface area contributed by atoms with Gasteiger partial charge in [-0.15, -0.1) is 0 Å². The van der Waals surface area contributed by atoms with Crippen LogP contribution in [0.1, 0.15) is 56.3 Å². The number of nitrogens with one attached hydrogen (secondary N) is 1. The van der Waals surface area contributed by atoms with Gasteiger partial charge in [-0.3, -0.25) is 9.59 Å². The molecule has 0 bridgehead atoms. The number of hydrogen-bond donors (Lipinski definition) is 1. The lowest BCUT2D eigenvalue weighted by Crippen LogP contribution is -2.39. The van der Waals surface area contributed by atoms with Crippen molar-refractivity contribution in [1.82, 2.24) is 10.2 Å². The van der Waals surface area contributed by atoms with Crippen LogP contribution < -0.4 is 10.1 Å². The van der Waals surface area contributed by atoms with Crippen molar-refractivity contribution in [3.05, 3.63) is 29.8 Å². The maximum atomic E-state index is 11.8. The van der Waals surface area contributed by atoms with E-state index in [0.717, 1.165) is 13.0 Å². The topological polar surface area (TPSA) is 58.6 Å². The van der Waals surface area contributed by atoms with Crippen LogP contribution in [0, 0.1) is 0 Å². The number of rotatable bonds is 9. The zero-order valence-electron chi connectivity index (χ0n) is 15.4. The van der Waals surface area contributed by atoms with Gasteiger partial charge in [0.15, 0.2) is 12.4 Å². The molecular formula is C20H30N2O3. The predicted octanol–water partition coefficient (Wildman–Crippen LogP) is 3.04. The molecule has 5 nitrogen and oxygen atoms in total. The molecule has 1 heterocycles. The van der Waals surface area contributed by atoms with E-state index in [4.69, 9.17) is 4.74 Å². The Bertz CT molecular complexity index is 557. The van der Waals surface area contributed by atoms with Gasteiger partial charge in [0.25, 0.3) is 5.91 Å². The standard InChI is InChI=1S/C20H30N2O3/c1-3-19(23)17-8-10-18(11-9-17)25-15-20(24)21-12-6-14-22-13-5-4-7-16(22)2/h8-11,16H,3-7,12-15H2,1-2H3,(H,21,24). The van der Waals surface area contributed by atoms with Gasteiger partial charge < -0.3 is 15.0 Å². The van der Waals surface area contributed by atoms with Crippen LogP contribution in [0.25, 0.3) is 0 Å². The molecule has 1 aromatic carbocycles. The van der Waals surface area contributed by atoms with E-state index in [1.807, 2.05) is 6.92 Å². The quantitative estimate of drug-likeness (QED) is 0.551. The van der Waals surface area contributed by atoms with Crippen LogP contribution >= 0.6 is 0 Å². The number of nitrogens with zero attached hydrogens (tertiary/aromatic N) is 1. The van der Waals surface area contributed by atoms with Crippen molar-refractivity contribution < 1.29 is 14.3 Å². The number of piperidine rings is 1. The summed E-state index contributed by atoms with van der Waals surface area (Å²) in [5.74, 6) is 0.595. The molecule has 0 aliphatic carbocycles. The number of amides is 1. The van der Waals surface area contributed by atoms with E-state index in [1.54, 1.807) is 24.3 Å². The lowest BCUT2D eigenvalue weighted by Gasteiger charge is -2.33. The Balaban J connectivity index is 1.61. The maximum Gasteiger partial charge on any atom is 0.257 e. The van der Waals surface area contributed by atoms with E-state index in [0.29, 0.717) is 30.3 Å². The monoisotopic (exact) mass is 346 g/mol. The molecule has 0 spiro atoms. The summed E-state index contributed by atoms with van der Waals surface area (Å²) >= 11 is 0. The number of carbonyl (C=O) groups is 2. The van der Waals surface area contributed by atoms with Crippen molar-refractivity contribution in [3.8, 4) is 5.75 Å². The molecule has 2 rings (SSSR count). The second kappa shape index (κ2) is 10.2. The van der Waals surface area contributed by atoms with E-state index in [9.17, 15) is 9.59 Å². The summed E-state index contributed by atoms with van der Waals surface area (Å²) < 4.78 is 5.47. The van der Waals surface area contributed by atoms with Crippen molar-refractivity contribution in [2.75, 3.05) is 26.2 Å². The fourth-order valence-corrected chi connectivity index (χ4v) is 3.14. The highest BCUT2D eigenvalue weighted by atomic mass is 16.5. The van der Waals surface area contributed by atoms with Gasteiger partial charge in [-0.2, -0.15) is 0 Å². The fourth-order valence-electron chi connectivity index (χ4n) is 3.14. The average molecular weight is 346 g/mol. The van der Waals surface area contributed by atoms with Crippen LogP contribution in [-0.4, -0.2) is 48.9 Å². The molecule has 0 saturated carbocycles. The maximum absolute atomic E-state index is 11.8. The SMILES string of the molecule is CCC(=O)c1ccc(OCC(=O)NCCCN2CCCCC2C)cc1. The Labute approximate surface area is 150 Å². The third-order valence-corrected chi connectivity index (χ3v) is 4.75. The Kier molecular flexibility index (Phi) is 7.92. The summed E-state index contributed by atoms with van der Waals surface area (Å²) in [5, 5.41) is 2.90. The summed E-state index contributed by atoms with van der Waals surface area (Å²) in [6, 6.07) is 7.59. The third-order valence-electron chi connectivity index (χ3n) is 4.75. The van der Waals surface area contributed by atoms with Crippen LogP contribution in [0.5, 0.6) is 5.75 Å². The van der Waals surface area contributed by atoms with Gasteiger partial charge in [0.05, 0.1) is 0 Å². The molecule has 5 heteroatoms. The van der Waals surface area contributed by atoms with Crippen molar-refractivity contribution in [1.29, 1.82) is 0 Å². The minimum atomic E-state index is -0.111. The number of ether oxygens (including phenoxy) is 1. The van der Waals surface area contributed by atoms with E-state index in [1.165, 1.54) is 25.8 Å². The highest BCUT2D eigenvalue weighted by Gasteiger charge is 2.17. The van der Waals surface area contributed by atoms with E-state index in [2.05, 4.69) is 17.1 Å². The van der Waals surface area contributed by atoms with Crippen molar-refractivity contribution >= 4 is 11.7 Å². The Morgan fingerprint density at radius 3 is 2.68 bits per heavy atom. The summed E-state index contributed by atoms with van der Waals surface area (Å²) in [6.07, 6.45) is 5.35. The minimum absolute atomic E-state index is 0.00118. The first-order valence-corrected chi connectivity index (χ1v) is 9.37. The van der Waals surface area contributed by atoms with Crippen molar-refractivity contribution in [2.45, 2.75) is 52.0 Å². The summed E-state index contributed by atoms with van der Waals surface area (Å²) in [5.41, 5.74) is 0.672. The second-order valence-electron chi connectivity index (χ2n) is 6.67. The van der Waals surface area contributed by atoms with E-state index < -0.39 is 0 Å². The molecule has 1 aliphatic rings. The molecule has 1 aliphatic heterocycles. The van der Waals surface area contributed by atoms with Gasteiger partial charge in [0.2, 0.25) is 0 Å². The van der Waals surface area contributed by atoms with Crippen LogP contribution in [0.3, 0.4) is 0 Å². The lowest BCUT2D eigenvalue weighted by molar-refractivity contribution is -0.123. The molecule has 138 valence electrons. The normalized spacial score (nSPS) is 17.9. The molecule has 1 unspecified atom stereocenters. The van der Waals surface area contributed by atoms with Crippen LogP contribution in [0.15, 0.2) is 24.3 Å². The number of ketones is 1. The van der Waals surface area contributed by atoms with E-state index in [-0.39, 0.29) is 18.3 Å². The van der Waals surface area contributed by atoms with Gasteiger partial charge in [-0.05, 0) is 57.0 Å². The second-order valence-corrected chi connectivity index (χ2v) is 6.67. The number of likely N-dealkylation sites (tertiary alicyclic amines) is 1. The predicted molar refractivity (Wildman–Crippen MR) is 99.1 cm³/mol. The molecule has 1 fully saturated rings. The van der Waals surface area contributed by atoms with Crippen LogP contribution in [0.4, 0.5) is 0 Å². The summed E-state index contributed by atoms with van der Waals surface area (Å²) in [7, 11) is 0. The molecular weight excluding hydrogens is 316 g/mol. The third kappa shape index (κ3) is 6.50. The Hall–Kier alpha value is -1.88. The largest absolute Gasteiger partial charge is 0.484 e. The van der Waals surface area contributed by atoms with Gasteiger partial charge in [-0.1, -0.05) is 13.3 Å². The Morgan fingerprint density at radius 1 is 1.24 bits per heavy atom. The number of Topliss-reactive ketones (excluding diaryl/α,β-unsaturated/α-hetero) is 1. The first kappa shape index (κ1) is 19.4. The zero-order valence-corrected chi connectivity index (χ0v) is 15.4. The van der Waals surface area contributed by atoms with Gasteiger partial charge >= 0.3 is 0 Å².